The van der Waals surface area contributed by atoms with Gasteiger partial charge in [-0.1, -0.05) is 13.8 Å². The van der Waals surface area contributed by atoms with Crippen LogP contribution in [0.5, 0.6) is 0 Å². The van der Waals surface area contributed by atoms with E-state index in [2.05, 4.69) is 34.4 Å². The summed E-state index contributed by atoms with van der Waals surface area (Å²) in [5.74, 6) is -0.0784. The second kappa shape index (κ2) is 7.41. The van der Waals surface area contributed by atoms with E-state index < -0.39 is 0 Å². The predicted molar refractivity (Wildman–Crippen MR) is 87.8 cm³/mol. The molecule has 5 nitrogen and oxygen atoms in total. The number of carbonyl (C=O) groups is 1. The fourth-order valence-electron chi connectivity index (χ4n) is 2.40. The van der Waals surface area contributed by atoms with Crippen LogP contribution >= 0.6 is 0 Å². The minimum absolute atomic E-state index is 0.0234. The molecule has 118 valence electrons. The molecule has 0 spiro atoms. The van der Waals surface area contributed by atoms with Crippen molar-refractivity contribution in [2.45, 2.75) is 27.7 Å². The molecule has 0 saturated carbocycles. The highest BCUT2D eigenvalue weighted by molar-refractivity contribution is 5.99. The van der Waals surface area contributed by atoms with E-state index in [1.165, 1.54) is 0 Å². The molecule has 0 aliphatic rings. The lowest BCUT2D eigenvalue weighted by atomic mass is 9.93. The first-order valence-electron chi connectivity index (χ1n) is 7.38. The zero-order valence-corrected chi connectivity index (χ0v) is 14.1. The lowest BCUT2D eigenvalue weighted by Gasteiger charge is -2.28. The largest absolute Gasteiger partial charge is 0.385 e. The first-order chi connectivity index (χ1) is 9.75. The number of rotatable bonds is 7. The second-order valence-corrected chi connectivity index (χ2v) is 6.49. The molecule has 1 aromatic heterocycles. The first kappa shape index (κ1) is 17.4. The highest BCUT2D eigenvalue weighted by atomic mass is 16.1. The van der Waals surface area contributed by atoms with Crippen LogP contribution in [0.3, 0.4) is 0 Å². The average Bonchev–Trinajstić information content (AvgIpc) is 2.35. The van der Waals surface area contributed by atoms with Gasteiger partial charge < -0.3 is 15.5 Å². The zero-order chi connectivity index (χ0) is 16.0. The molecule has 0 unspecified atom stereocenters. The van der Waals surface area contributed by atoms with E-state index in [0.29, 0.717) is 12.1 Å². The van der Waals surface area contributed by atoms with Crippen LogP contribution in [0, 0.1) is 12.3 Å². The van der Waals surface area contributed by atoms with Crippen molar-refractivity contribution < 1.29 is 4.79 Å². The SMILES string of the molecule is CCNc1cc(C)ncc1C(=O)NCC(C)(C)CN(C)C. The molecular formula is C16H28N4O. The number of amides is 1. The lowest BCUT2D eigenvalue weighted by Crippen LogP contribution is -2.40. The standard InChI is InChI=1S/C16H28N4O/c1-7-17-14-8-12(2)18-9-13(14)15(21)19-10-16(3,4)11-20(5)6/h8-9H,7,10-11H2,1-6H3,(H,17,18)(H,19,21). The molecule has 0 radical (unpaired) electrons. The van der Waals surface area contributed by atoms with E-state index in [0.717, 1.165) is 24.5 Å². The van der Waals surface area contributed by atoms with Crippen molar-refractivity contribution in [2.75, 3.05) is 39.0 Å². The Labute approximate surface area is 128 Å². The maximum absolute atomic E-state index is 12.4. The van der Waals surface area contributed by atoms with Gasteiger partial charge in [0.25, 0.3) is 5.91 Å². The Kier molecular flexibility index (Phi) is 6.15. The Balaban J connectivity index is 2.76. The van der Waals surface area contributed by atoms with Crippen LogP contribution in [0.15, 0.2) is 12.3 Å². The van der Waals surface area contributed by atoms with E-state index in [-0.39, 0.29) is 11.3 Å². The van der Waals surface area contributed by atoms with Crippen molar-refractivity contribution in [3.05, 3.63) is 23.5 Å². The molecule has 21 heavy (non-hydrogen) atoms. The fourth-order valence-corrected chi connectivity index (χ4v) is 2.40. The van der Waals surface area contributed by atoms with Crippen molar-refractivity contribution >= 4 is 11.6 Å². The number of hydrogen-bond acceptors (Lipinski definition) is 4. The van der Waals surface area contributed by atoms with Crippen molar-refractivity contribution in [3.63, 3.8) is 0 Å². The van der Waals surface area contributed by atoms with Crippen molar-refractivity contribution in [2.24, 2.45) is 5.41 Å². The van der Waals surface area contributed by atoms with Crippen LogP contribution in [-0.2, 0) is 0 Å². The quantitative estimate of drug-likeness (QED) is 0.808. The van der Waals surface area contributed by atoms with Crippen LogP contribution in [0.25, 0.3) is 0 Å². The van der Waals surface area contributed by atoms with Gasteiger partial charge in [-0.15, -0.1) is 0 Å². The smallest absolute Gasteiger partial charge is 0.254 e. The minimum Gasteiger partial charge on any atom is -0.385 e. The van der Waals surface area contributed by atoms with Crippen LogP contribution in [0.2, 0.25) is 0 Å². The topological polar surface area (TPSA) is 57.3 Å². The molecule has 1 amide bonds. The predicted octanol–water partition coefficient (Wildman–Crippen LogP) is 2.14. The molecule has 1 aromatic rings. The van der Waals surface area contributed by atoms with Gasteiger partial charge in [0.05, 0.1) is 11.3 Å². The highest BCUT2D eigenvalue weighted by Crippen LogP contribution is 2.17. The summed E-state index contributed by atoms with van der Waals surface area (Å²) in [6.45, 7) is 10.5. The maximum Gasteiger partial charge on any atom is 0.254 e. The summed E-state index contributed by atoms with van der Waals surface area (Å²) in [7, 11) is 4.08. The number of pyridine rings is 1. The molecule has 0 bridgehead atoms. The van der Waals surface area contributed by atoms with E-state index in [1.54, 1.807) is 6.20 Å². The van der Waals surface area contributed by atoms with Crippen LogP contribution in [0.4, 0.5) is 5.69 Å². The van der Waals surface area contributed by atoms with Gasteiger partial charge in [-0.05, 0) is 39.4 Å². The number of aryl methyl sites for hydroxylation is 1. The fraction of sp³-hybridized carbons (Fsp3) is 0.625. The van der Waals surface area contributed by atoms with Crippen LogP contribution < -0.4 is 10.6 Å². The Morgan fingerprint density at radius 3 is 2.62 bits per heavy atom. The summed E-state index contributed by atoms with van der Waals surface area (Å²) in [6.07, 6.45) is 1.64. The van der Waals surface area contributed by atoms with E-state index in [9.17, 15) is 4.79 Å². The van der Waals surface area contributed by atoms with Gasteiger partial charge in [0.15, 0.2) is 0 Å². The average molecular weight is 292 g/mol. The number of aromatic nitrogens is 1. The number of carbonyl (C=O) groups excluding carboxylic acids is 1. The number of nitrogens with one attached hydrogen (secondary N) is 2. The zero-order valence-electron chi connectivity index (χ0n) is 14.1. The van der Waals surface area contributed by atoms with Gasteiger partial charge in [0.2, 0.25) is 0 Å². The van der Waals surface area contributed by atoms with Gasteiger partial charge in [0.1, 0.15) is 0 Å². The molecule has 0 atom stereocenters. The molecule has 0 aliphatic heterocycles. The third kappa shape index (κ3) is 5.71. The summed E-state index contributed by atoms with van der Waals surface area (Å²) < 4.78 is 0. The molecule has 5 heteroatoms. The second-order valence-electron chi connectivity index (χ2n) is 6.49. The van der Waals surface area contributed by atoms with Gasteiger partial charge in [0, 0.05) is 31.5 Å². The molecule has 2 N–H and O–H groups in total. The van der Waals surface area contributed by atoms with Gasteiger partial charge in [-0.25, -0.2) is 0 Å². The Hall–Kier alpha value is -1.62. The molecule has 1 heterocycles. The van der Waals surface area contributed by atoms with Gasteiger partial charge in [-0.3, -0.25) is 9.78 Å². The number of anilines is 1. The van der Waals surface area contributed by atoms with Crippen molar-refractivity contribution in [3.8, 4) is 0 Å². The van der Waals surface area contributed by atoms with E-state index in [1.807, 2.05) is 34.0 Å². The molecule has 1 rings (SSSR count). The van der Waals surface area contributed by atoms with Crippen molar-refractivity contribution in [1.82, 2.24) is 15.2 Å². The minimum atomic E-state index is -0.0784. The van der Waals surface area contributed by atoms with Crippen molar-refractivity contribution in [1.29, 1.82) is 0 Å². The first-order valence-corrected chi connectivity index (χ1v) is 7.38. The third-order valence-corrected chi connectivity index (χ3v) is 3.12. The lowest BCUT2D eigenvalue weighted by molar-refractivity contribution is 0.0929. The molecule has 0 aliphatic carbocycles. The maximum atomic E-state index is 12.4. The molecule has 0 aromatic carbocycles. The van der Waals surface area contributed by atoms with Crippen LogP contribution in [-0.4, -0.2) is 49.5 Å². The van der Waals surface area contributed by atoms with E-state index >= 15 is 0 Å². The third-order valence-electron chi connectivity index (χ3n) is 3.12. The monoisotopic (exact) mass is 292 g/mol. The number of hydrogen-bond donors (Lipinski definition) is 2. The van der Waals surface area contributed by atoms with Gasteiger partial charge in [-0.2, -0.15) is 0 Å². The summed E-state index contributed by atoms with van der Waals surface area (Å²) in [4.78, 5) is 18.7. The van der Waals surface area contributed by atoms with Gasteiger partial charge >= 0.3 is 0 Å². The summed E-state index contributed by atoms with van der Waals surface area (Å²) >= 11 is 0. The molecule has 0 fully saturated rings. The summed E-state index contributed by atoms with van der Waals surface area (Å²) in [5, 5.41) is 6.24. The molecular weight excluding hydrogens is 264 g/mol. The Morgan fingerprint density at radius 1 is 1.38 bits per heavy atom. The normalized spacial score (nSPS) is 11.6. The summed E-state index contributed by atoms with van der Waals surface area (Å²) in [5.41, 5.74) is 2.36. The Bertz CT molecular complexity index is 483. The van der Waals surface area contributed by atoms with Crippen LogP contribution in [0.1, 0.15) is 36.8 Å². The highest BCUT2D eigenvalue weighted by Gasteiger charge is 2.21. The summed E-state index contributed by atoms with van der Waals surface area (Å²) in [6, 6.07) is 1.91. The Morgan fingerprint density at radius 2 is 2.05 bits per heavy atom. The number of nitrogens with zero attached hydrogens (tertiary/aromatic N) is 2. The molecule has 0 saturated heterocycles. The van der Waals surface area contributed by atoms with E-state index in [4.69, 9.17) is 0 Å².